The second-order valence-electron chi connectivity index (χ2n) is 5.78. The molecule has 0 saturated carbocycles. The number of methoxy groups -OCH3 is 1. The number of nitrogens with one attached hydrogen (secondary N) is 2. The third-order valence-corrected chi connectivity index (χ3v) is 6.16. The molecule has 2 N–H and O–H groups in total. The molecule has 0 aromatic carbocycles. The lowest BCUT2D eigenvalue weighted by Crippen LogP contribution is -2.39. The number of carbonyl (C=O) groups excluding carboxylic acids is 1. The van der Waals surface area contributed by atoms with Crippen LogP contribution in [0.3, 0.4) is 0 Å². The lowest BCUT2D eigenvalue weighted by Gasteiger charge is -2.23. The number of hydrogen-bond acceptors (Lipinski definition) is 5. The number of ether oxygens (including phenoxy) is 1. The average Bonchev–Trinajstić information content (AvgIpc) is 2.95. The molecule has 7 nitrogen and oxygen atoms in total. The molecule has 0 aromatic heterocycles. The molecule has 2 aliphatic heterocycles. The fourth-order valence-electron chi connectivity index (χ4n) is 2.94. The second-order valence-corrected chi connectivity index (χ2v) is 7.87. The first kappa shape index (κ1) is 16.5. The first-order chi connectivity index (χ1) is 10.0. The zero-order chi connectivity index (χ0) is 15.3. The quantitative estimate of drug-likeness (QED) is 0.752. The topological polar surface area (TPSA) is 87.7 Å². The number of piperidine rings is 1. The van der Waals surface area contributed by atoms with E-state index < -0.39 is 16.1 Å². The molecule has 0 aliphatic carbocycles. The summed E-state index contributed by atoms with van der Waals surface area (Å²) in [5.74, 6) is 0.718. The Morgan fingerprint density at radius 2 is 2.05 bits per heavy atom. The van der Waals surface area contributed by atoms with Gasteiger partial charge in [0.2, 0.25) is 10.0 Å². The maximum atomic E-state index is 12.3. The molecule has 8 heteroatoms. The van der Waals surface area contributed by atoms with Crippen molar-refractivity contribution < 1.29 is 17.9 Å². The van der Waals surface area contributed by atoms with Crippen LogP contribution < -0.4 is 10.6 Å². The summed E-state index contributed by atoms with van der Waals surface area (Å²) in [6.07, 6.45) is 2.98. The summed E-state index contributed by atoms with van der Waals surface area (Å²) in [5.41, 5.74) is 0. The highest BCUT2D eigenvalue weighted by Gasteiger charge is 2.32. The van der Waals surface area contributed by atoms with E-state index in [1.165, 1.54) is 11.4 Å². The third-order valence-electron chi connectivity index (χ3n) is 4.29. The largest absolute Gasteiger partial charge is 0.453 e. The zero-order valence-electron chi connectivity index (χ0n) is 12.5. The molecule has 1 amide bonds. The summed E-state index contributed by atoms with van der Waals surface area (Å²) >= 11 is 0. The highest BCUT2D eigenvalue weighted by molar-refractivity contribution is 7.89. The van der Waals surface area contributed by atoms with Crippen molar-refractivity contribution in [3.63, 3.8) is 0 Å². The Morgan fingerprint density at radius 1 is 1.33 bits per heavy atom. The Bertz CT molecular complexity index is 448. The molecule has 2 rings (SSSR count). The number of amides is 1. The van der Waals surface area contributed by atoms with Crippen molar-refractivity contribution in [1.82, 2.24) is 14.9 Å². The SMILES string of the molecule is COC(=O)NC1CCN(S(=O)(=O)CCC2CCNCC2)C1. The fourth-order valence-corrected chi connectivity index (χ4v) is 4.62. The highest BCUT2D eigenvalue weighted by atomic mass is 32.2. The normalized spacial score (nSPS) is 24.9. The van der Waals surface area contributed by atoms with Crippen molar-refractivity contribution in [3.8, 4) is 0 Å². The Kier molecular flexibility index (Phi) is 5.83. The highest BCUT2D eigenvalue weighted by Crippen LogP contribution is 2.20. The summed E-state index contributed by atoms with van der Waals surface area (Å²) in [4.78, 5) is 11.1. The molecule has 122 valence electrons. The van der Waals surface area contributed by atoms with Gasteiger partial charge in [0, 0.05) is 19.1 Å². The van der Waals surface area contributed by atoms with Crippen molar-refractivity contribution >= 4 is 16.1 Å². The predicted molar refractivity (Wildman–Crippen MR) is 79.5 cm³/mol. The van der Waals surface area contributed by atoms with Crippen LogP contribution in [0.1, 0.15) is 25.7 Å². The average molecular weight is 319 g/mol. The predicted octanol–water partition coefficient (Wildman–Crippen LogP) is 0.136. The Labute approximate surface area is 126 Å². The van der Waals surface area contributed by atoms with Crippen LogP contribution >= 0.6 is 0 Å². The summed E-state index contributed by atoms with van der Waals surface area (Å²) in [6, 6.07) is -0.147. The molecule has 1 unspecified atom stereocenters. The standard InChI is InChI=1S/C13H25N3O4S/c1-20-13(17)15-12-4-8-16(10-12)21(18,19)9-5-11-2-6-14-7-3-11/h11-12,14H,2-10H2,1H3,(H,15,17). The summed E-state index contributed by atoms with van der Waals surface area (Å²) < 4.78 is 30.7. The third kappa shape index (κ3) is 4.82. The molecule has 0 bridgehead atoms. The number of sulfonamides is 1. The number of alkyl carbamates (subject to hydrolysis) is 1. The van der Waals surface area contributed by atoms with E-state index in [1.807, 2.05) is 0 Å². The van der Waals surface area contributed by atoms with Crippen LogP contribution in [0.4, 0.5) is 4.79 Å². The molecule has 2 aliphatic rings. The smallest absolute Gasteiger partial charge is 0.407 e. The van der Waals surface area contributed by atoms with E-state index in [2.05, 4.69) is 15.4 Å². The van der Waals surface area contributed by atoms with Crippen LogP contribution in [-0.4, -0.2) is 63.9 Å². The minimum Gasteiger partial charge on any atom is -0.453 e. The molecule has 21 heavy (non-hydrogen) atoms. The number of carbonyl (C=O) groups is 1. The van der Waals surface area contributed by atoms with Crippen LogP contribution in [0.5, 0.6) is 0 Å². The molecule has 2 saturated heterocycles. The minimum atomic E-state index is -3.21. The molecule has 0 aromatic rings. The van der Waals surface area contributed by atoms with E-state index in [0.29, 0.717) is 25.4 Å². The molecule has 2 heterocycles. The van der Waals surface area contributed by atoms with Crippen molar-refractivity contribution in [1.29, 1.82) is 0 Å². The van der Waals surface area contributed by atoms with E-state index in [1.54, 1.807) is 0 Å². The molecule has 0 spiro atoms. The van der Waals surface area contributed by atoms with Gasteiger partial charge in [-0.15, -0.1) is 0 Å². The summed E-state index contributed by atoms with van der Waals surface area (Å²) in [6.45, 7) is 2.80. The van der Waals surface area contributed by atoms with Crippen LogP contribution in [0.15, 0.2) is 0 Å². The van der Waals surface area contributed by atoms with Gasteiger partial charge in [0.25, 0.3) is 0 Å². The molecule has 1 atom stereocenters. The van der Waals surface area contributed by atoms with Gasteiger partial charge in [-0.2, -0.15) is 4.31 Å². The van der Waals surface area contributed by atoms with Crippen molar-refractivity contribution in [2.24, 2.45) is 5.92 Å². The van der Waals surface area contributed by atoms with Gasteiger partial charge < -0.3 is 15.4 Å². The zero-order valence-corrected chi connectivity index (χ0v) is 13.3. The van der Waals surface area contributed by atoms with Gasteiger partial charge in [0.1, 0.15) is 0 Å². The van der Waals surface area contributed by atoms with Crippen molar-refractivity contribution in [2.75, 3.05) is 39.0 Å². The Morgan fingerprint density at radius 3 is 2.71 bits per heavy atom. The number of rotatable bonds is 5. The number of nitrogens with zero attached hydrogens (tertiary/aromatic N) is 1. The van der Waals surface area contributed by atoms with E-state index in [0.717, 1.165) is 32.4 Å². The van der Waals surface area contributed by atoms with Gasteiger partial charge >= 0.3 is 6.09 Å². The first-order valence-corrected chi connectivity index (χ1v) is 9.15. The lowest BCUT2D eigenvalue weighted by molar-refractivity contribution is 0.167. The Hall–Kier alpha value is -0.860. The van der Waals surface area contributed by atoms with Crippen LogP contribution in [-0.2, 0) is 14.8 Å². The monoisotopic (exact) mass is 319 g/mol. The molecular weight excluding hydrogens is 294 g/mol. The molecular formula is C13H25N3O4S. The van der Waals surface area contributed by atoms with Gasteiger partial charge in [-0.3, -0.25) is 0 Å². The van der Waals surface area contributed by atoms with Crippen LogP contribution in [0.2, 0.25) is 0 Å². The maximum absolute atomic E-state index is 12.3. The molecule has 2 fully saturated rings. The van der Waals surface area contributed by atoms with Gasteiger partial charge in [0.15, 0.2) is 0 Å². The summed E-state index contributed by atoms with van der Waals surface area (Å²) in [5, 5.41) is 5.95. The minimum absolute atomic E-state index is 0.147. The summed E-state index contributed by atoms with van der Waals surface area (Å²) in [7, 11) is -1.91. The van der Waals surface area contributed by atoms with E-state index >= 15 is 0 Å². The number of hydrogen-bond donors (Lipinski definition) is 2. The van der Waals surface area contributed by atoms with Gasteiger partial charge in [-0.1, -0.05) is 0 Å². The van der Waals surface area contributed by atoms with Crippen molar-refractivity contribution in [2.45, 2.75) is 31.7 Å². The lowest BCUT2D eigenvalue weighted by atomic mass is 9.96. The van der Waals surface area contributed by atoms with Gasteiger partial charge in [-0.05, 0) is 44.7 Å². The van der Waals surface area contributed by atoms with E-state index in [9.17, 15) is 13.2 Å². The Balaban J connectivity index is 1.78. The van der Waals surface area contributed by atoms with Gasteiger partial charge in [0.05, 0.1) is 12.9 Å². The van der Waals surface area contributed by atoms with Crippen molar-refractivity contribution in [3.05, 3.63) is 0 Å². The van der Waals surface area contributed by atoms with Crippen LogP contribution in [0, 0.1) is 5.92 Å². The maximum Gasteiger partial charge on any atom is 0.407 e. The second kappa shape index (κ2) is 7.42. The molecule has 0 radical (unpaired) electrons. The fraction of sp³-hybridized carbons (Fsp3) is 0.923. The van der Waals surface area contributed by atoms with E-state index in [-0.39, 0.29) is 11.8 Å². The van der Waals surface area contributed by atoms with Gasteiger partial charge in [-0.25, -0.2) is 13.2 Å². The van der Waals surface area contributed by atoms with Crippen LogP contribution in [0.25, 0.3) is 0 Å². The first-order valence-electron chi connectivity index (χ1n) is 7.54. The van der Waals surface area contributed by atoms with E-state index in [4.69, 9.17) is 0 Å².